The first-order valence-corrected chi connectivity index (χ1v) is 13.9. The summed E-state index contributed by atoms with van der Waals surface area (Å²) >= 11 is 0. The number of benzene rings is 1. The van der Waals surface area contributed by atoms with Crippen molar-refractivity contribution >= 4 is 39.9 Å². The number of aliphatic hydroxyl groups excluding tert-OH is 6. The number of ether oxygens (including phenoxy) is 2. The molecule has 242 valence electrons. The summed E-state index contributed by atoms with van der Waals surface area (Å²) in [6.45, 7) is -0.826. The number of anilines is 2. The highest BCUT2D eigenvalue weighted by Gasteiger charge is 2.45. The Bertz CT molecular complexity index is 1820. The number of nitrogens with zero attached hydrogens (tertiary/aromatic N) is 8. The van der Waals surface area contributed by atoms with Crippen molar-refractivity contribution in [1.82, 2.24) is 39.0 Å². The minimum atomic E-state index is -1.27. The molecule has 4 aromatic heterocycles. The lowest BCUT2D eigenvalue weighted by molar-refractivity contribution is -0.0511. The number of imidazole rings is 2. The molecule has 5 aromatic rings. The normalized spacial score (nSPS) is 27.5. The lowest BCUT2D eigenvalue weighted by atomic mass is 10.1. The molecule has 7 rings (SSSR count). The maximum atomic E-state index is 12.4. The first-order valence-electron chi connectivity index (χ1n) is 13.9. The fourth-order valence-electron chi connectivity index (χ4n) is 5.17. The molecule has 2 fully saturated rings. The summed E-state index contributed by atoms with van der Waals surface area (Å²) < 4.78 is 13.8. The molecule has 2 saturated heterocycles. The van der Waals surface area contributed by atoms with Crippen LogP contribution in [0.1, 0.15) is 22.8 Å². The summed E-state index contributed by atoms with van der Waals surface area (Å²) in [4.78, 5) is 36.7. The molecule has 9 N–H and O–H groups in total. The summed E-state index contributed by atoms with van der Waals surface area (Å²) in [5.74, 6) is 0.0768. The van der Waals surface area contributed by atoms with Gasteiger partial charge in [0.25, 0.3) is 5.91 Å². The van der Waals surface area contributed by atoms with E-state index in [0.29, 0.717) is 27.9 Å². The predicted octanol–water partition coefficient (Wildman–Crippen LogP) is -2.29. The number of nitrogens with one attached hydrogen (secondary N) is 1. The second kappa shape index (κ2) is 12.9. The van der Waals surface area contributed by atoms with Crippen LogP contribution in [0, 0.1) is 0 Å². The van der Waals surface area contributed by atoms with Gasteiger partial charge in [-0.25, -0.2) is 29.9 Å². The lowest BCUT2D eigenvalue weighted by Crippen LogP contribution is -2.33. The van der Waals surface area contributed by atoms with E-state index in [0.717, 1.165) is 0 Å². The number of nitrogen functional groups attached to an aromatic ring is 1. The zero-order chi connectivity index (χ0) is 32.5. The highest BCUT2D eigenvalue weighted by atomic mass is 16.6. The average molecular weight is 639 g/mol. The van der Waals surface area contributed by atoms with Crippen molar-refractivity contribution in [2.24, 2.45) is 0 Å². The van der Waals surface area contributed by atoms with Crippen molar-refractivity contribution in [2.45, 2.75) is 49.1 Å². The maximum absolute atomic E-state index is 12.4. The summed E-state index contributed by atoms with van der Waals surface area (Å²) in [5.41, 5.74) is 7.52. The zero-order valence-corrected chi connectivity index (χ0v) is 23.8. The molecule has 19 heteroatoms. The highest BCUT2D eigenvalue weighted by molar-refractivity contribution is 6.06. The number of carbonyl (C=O) groups excluding carboxylic acids is 1. The molecule has 0 radical (unpaired) electrons. The molecule has 0 unspecified atom stereocenters. The predicted molar refractivity (Wildman–Crippen MR) is 155 cm³/mol. The van der Waals surface area contributed by atoms with Crippen LogP contribution in [0.4, 0.5) is 11.6 Å². The zero-order valence-electron chi connectivity index (χ0n) is 23.8. The van der Waals surface area contributed by atoms with E-state index >= 15 is 0 Å². The minimum absolute atomic E-state index is 0.208. The van der Waals surface area contributed by atoms with Crippen LogP contribution in [0.25, 0.3) is 22.3 Å². The van der Waals surface area contributed by atoms with E-state index in [4.69, 9.17) is 20.3 Å². The van der Waals surface area contributed by atoms with Gasteiger partial charge in [-0.3, -0.25) is 13.9 Å². The van der Waals surface area contributed by atoms with Crippen LogP contribution in [0.3, 0.4) is 0 Å². The van der Waals surface area contributed by atoms with Gasteiger partial charge in [0.1, 0.15) is 54.8 Å². The van der Waals surface area contributed by atoms with Gasteiger partial charge >= 0.3 is 0 Å². The largest absolute Gasteiger partial charge is 0.394 e. The van der Waals surface area contributed by atoms with Crippen LogP contribution in [0.15, 0.2) is 55.6 Å². The second-order valence-corrected chi connectivity index (χ2v) is 10.4. The van der Waals surface area contributed by atoms with E-state index in [1.165, 1.54) is 34.4 Å². The van der Waals surface area contributed by atoms with Gasteiger partial charge in [0.2, 0.25) is 0 Å². The van der Waals surface area contributed by atoms with Crippen LogP contribution < -0.4 is 11.1 Å². The summed E-state index contributed by atoms with van der Waals surface area (Å²) in [6.07, 6.45) is -3.20. The van der Waals surface area contributed by atoms with Crippen LogP contribution in [0.5, 0.6) is 0 Å². The molecule has 19 nitrogen and oxygen atoms in total. The Kier molecular flexibility index (Phi) is 8.80. The Morgan fingerprint density at radius 2 is 1.26 bits per heavy atom. The lowest BCUT2D eigenvalue weighted by Gasteiger charge is -2.16. The van der Waals surface area contributed by atoms with Crippen molar-refractivity contribution in [2.75, 3.05) is 24.3 Å². The minimum Gasteiger partial charge on any atom is -0.394 e. The van der Waals surface area contributed by atoms with Gasteiger partial charge in [-0.2, -0.15) is 0 Å². The third kappa shape index (κ3) is 5.61. The quantitative estimate of drug-likeness (QED) is 0.0971. The summed E-state index contributed by atoms with van der Waals surface area (Å²) in [5, 5.41) is 60.8. The van der Waals surface area contributed by atoms with Crippen LogP contribution in [-0.4, -0.2) is 125 Å². The van der Waals surface area contributed by atoms with Gasteiger partial charge in [-0.15, -0.1) is 0 Å². The van der Waals surface area contributed by atoms with E-state index < -0.39 is 62.3 Å². The number of amides is 1. The smallest absolute Gasteiger partial charge is 0.256 e. The number of aliphatic hydroxyl groups is 6. The molecule has 2 aliphatic rings. The molecule has 0 aliphatic carbocycles. The monoisotopic (exact) mass is 638 g/mol. The highest BCUT2D eigenvalue weighted by Crippen LogP contribution is 2.33. The Labute approximate surface area is 258 Å². The van der Waals surface area contributed by atoms with Gasteiger partial charge in [-0.05, 0) is 12.1 Å². The third-order valence-corrected chi connectivity index (χ3v) is 7.60. The molecule has 0 spiro atoms. The third-order valence-electron chi connectivity index (χ3n) is 7.60. The van der Waals surface area contributed by atoms with Crippen molar-refractivity contribution in [3.05, 3.63) is 61.2 Å². The fourth-order valence-corrected chi connectivity index (χ4v) is 5.17. The average Bonchev–Trinajstić information content (AvgIpc) is 3.83. The van der Waals surface area contributed by atoms with Crippen molar-refractivity contribution in [3.63, 3.8) is 0 Å². The van der Waals surface area contributed by atoms with E-state index in [-0.39, 0.29) is 17.5 Å². The van der Waals surface area contributed by atoms with Crippen molar-refractivity contribution in [1.29, 1.82) is 0 Å². The Balaban J connectivity index is 0.000000172. The van der Waals surface area contributed by atoms with Gasteiger partial charge in [0, 0.05) is 5.56 Å². The molecule has 1 aromatic carbocycles. The molecule has 8 atom stereocenters. The number of hydrogen-bond donors (Lipinski definition) is 8. The maximum Gasteiger partial charge on any atom is 0.256 e. The SMILES string of the molecule is Nc1ncnc2c1ncn2[C@@H]1O[C@H](CO)[C@@H](O)[C@H]1O.O=C(Nc1ncnc2c1ncn2[C@@H]1O[C@H](CO)[C@@H](O)[C@H]1O)c1ccccc1. The van der Waals surface area contributed by atoms with E-state index in [1.54, 1.807) is 24.3 Å². The van der Waals surface area contributed by atoms with E-state index in [2.05, 4.69) is 35.2 Å². The van der Waals surface area contributed by atoms with Gasteiger partial charge in [0.15, 0.2) is 40.9 Å². The Morgan fingerprint density at radius 1 is 0.739 bits per heavy atom. The molecular weight excluding hydrogens is 608 g/mol. The van der Waals surface area contributed by atoms with Gasteiger partial charge < -0.3 is 51.2 Å². The summed E-state index contributed by atoms with van der Waals surface area (Å²) in [6, 6.07) is 8.65. The molecule has 6 heterocycles. The first kappa shape index (κ1) is 31.3. The molecule has 2 aliphatic heterocycles. The molecular formula is C27H30N10O9. The molecule has 0 bridgehead atoms. The Hall–Kier alpha value is -4.73. The standard InChI is InChI=1S/C17H17N5O5.C10H13N5O4/c23-6-10-12(24)13(25)17(27-10)22-8-20-11-14(18-7-19-15(11)22)21-16(26)9-4-2-1-3-5-9;11-8-5-9(13-2-12-8)15(3-14-5)10-7(18)6(17)4(1-16)19-10/h1-5,7-8,10,12-13,17,23-25H,6H2,(H,18,19,21,26);2-4,6-7,10,16-18H,1H2,(H2,11,12,13)/t10-,12-,13-,17-;4-,6-,7-,10-/m11/s1. The van der Waals surface area contributed by atoms with Gasteiger partial charge in [0.05, 0.1) is 25.9 Å². The number of carbonyl (C=O) groups is 1. The topological polar surface area (TPSA) is 282 Å². The van der Waals surface area contributed by atoms with Crippen LogP contribution in [-0.2, 0) is 9.47 Å². The number of hydrogen-bond acceptors (Lipinski definition) is 16. The van der Waals surface area contributed by atoms with Crippen molar-refractivity contribution < 1.29 is 44.9 Å². The first-order chi connectivity index (χ1) is 22.2. The number of nitrogens with two attached hydrogens (primary N) is 1. The van der Waals surface area contributed by atoms with Crippen molar-refractivity contribution in [3.8, 4) is 0 Å². The Morgan fingerprint density at radius 3 is 1.80 bits per heavy atom. The number of rotatable bonds is 6. The second-order valence-electron chi connectivity index (χ2n) is 10.4. The van der Waals surface area contributed by atoms with Crippen LogP contribution >= 0.6 is 0 Å². The number of aromatic nitrogens is 8. The molecule has 1 amide bonds. The van der Waals surface area contributed by atoms with Crippen LogP contribution in [0.2, 0.25) is 0 Å². The number of fused-ring (bicyclic) bond motifs is 2. The van der Waals surface area contributed by atoms with Gasteiger partial charge in [-0.1, -0.05) is 18.2 Å². The molecule has 0 saturated carbocycles. The van der Waals surface area contributed by atoms with E-state index in [1.807, 2.05) is 6.07 Å². The molecule has 46 heavy (non-hydrogen) atoms. The fraction of sp³-hybridized carbons (Fsp3) is 0.370. The van der Waals surface area contributed by atoms with E-state index in [9.17, 15) is 30.3 Å². The summed E-state index contributed by atoms with van der Waals surface area (Å²) in [7, 11) is 0.